The van der Waals surface area contributed by atoms with Crippen LogP contribution in [0.1, 0.15) is 29.5 Å². The van der Waals surface area contributed by atoms with Crippen LogP contribution in [0, 0.1) is 18.3 Å². The molecule has 2 rings (SSSR count). The largest absolute Gasteiger partial charge is 0.342 e. The summed E-state index contributed by atoms with van der Waals surface area (Å²) in [6.45, 7) is 4.84. The van der Waals surface area contributed by atoms with E-state index < -0.39 is 0 Å². The van der Waals surface area contributed by atoms with Gasteiger partial charge >= 0.3 is 0 Å². The average Bonchev–Trinajstić information content (AvgIpc) is 2.94. The molecule has 1 amide bonds. The van der Waals surface area contributed by atoms with Gasteiger partial charge in [-0.3, -0.25) is 4.79 Å². The number of nitrogens with one attached hydrogen (secondary N) is 1. The molecule has 19 heavy (non-hydrogen) atoms. The number of amides is 1. The SMILES string of the molecule is Cc1cc(C#N)ccc1CNCC(=O)N1CCCC1. The summed E-state index contributed by atoms with van der Waals surface area (Å²) in [4.78, 5) is 13.8. The van der Waals surface area contributed by atoms with E-state index in [9.17, 15) is 4.79 Å². The Bertz CT molecular complexity index is 499. The molecular weight excluding hydrogens is 238 g/mol. The van der Waals surface area contributed by atoms with Crippen molar-refractivity contribution >= 4 is 5.91 Å². The molecule has 1 fully saturated rings. The van der Waals surface area contributed by atoms with E-state index in [1.54, 1.807) is 0 Å². The monoisotopic (exact) mass is 257 g/mol. The van der Waals surface area contributed by atoms with Crippen molar-refractivity contribution in [2.24, 2.45) is 0 Å². The van der Waals surface area contributed by atoms with E-state index in [-0.39, 0.29) is 5.91 Å². The number of hydrogen-bond donors (Lipinski definition) is 1. The maximum absolute atomic E-state index is 11.8. The molecule has 0 aromatic heterocycles. The average molecular weight is 257 g/mol. The highest BCUT2D eigenvalue weighted by molar-refractivity contribution is 5.78. The molecule has 1 aromatic carbocycles. The van der Waals surface area contributed by atoms with Gasteiger partial charge in [-0.2, -0.15) is 5.26 Å². The van der Waals surface area contributed by atoms with E-state index in [2.05, 4.69) is 11.4 Å². The summed E-state index contributed by atoms with van der Waals surface area (Å²) in [6.07, 6.45) is 2.25. The first-order chi connectivity index (χ1) is 9.20. The van der Waals surface area contributed by atoms with Crippen LogP contribution in [0.2, 0.25) is 0 Å². The van der Waals surface area contributed by atoms with Crippen molar-refractivity contribution in [1.29, 1.82) is 5.26 Å². The van der Waals surface area contributed by atoms with Crippen LogP contribution >= 0.6 is 0 Å². The van der Waals surface area contributed by atoms with E-state index in [4.69, 9.17) is 5.26 Å². The quantitative estimate of drug-likeness (QED) is 0.891. The third-order valence-corrected chi connectivity index (χ3v) is 3.52. The first-order valence-corrected chi connectivity index (χ1v) is 6.69. The summed E-state index contributed by atoms with van der Waals surface area (Å²) in [5.41, 5.74) is 2.89. The lowest BCUT2D eigenvalue weighted by Gasteiger charge is -2.15. The molecule has 0 aliphatic carbocycles. The van der Waals surface area contributed by atoms with Gasteiger partial charge in [-0.1, -0.05) is 6.07 Å². The summed E-state index contributed by atoms with van der Waals surface area (Å²) in [5.74, 6) is 0.184. The Morgan fingerprint density at radius 3 is 2.79 bits per heavy atom. The van der Waals surface area contributed by atoms with Gasteiger partial charge in [0, 0.05) is 19.6 Å². The van der Waals surface area contributed by atoms with E-state index in [1.807, 2.05) is 30.0 Å². The predicted molar refractivity (Wildman–Crippen MR) is 73.4 cm³/mol. The van der Waals surface area contributed by atoms with Crippen LogP contribution in [0.3, 0.4) is 0 Å². The summed E-state index contributed by atoms with van der Waals surface area (Å²) in [5, 5.41) is 12.0. The molecule has 1 aromatic rings. The molecule has 0 radical (unpaired) electrons. The zero-order valence-corrected chi connectivity index (χ0v) is 11.3. The minimum absolute atomic E-state index is 0.184. The first-order valence-electron chi connectivity index (χ1n) is 6.69. The smallest absolute Gasteiger partial charge is 0.236 e. The molecule has 1 aliphatic heterocycles. The predicted octanol–water partition coefficient (Wildman–Crippen LogP) is 1.58. The summed E-state index contributed by atoms with van der Waals surface area (Å²) < 4.78 is 0. The van der Waals surface area contributed by atoms with Crippen molar-refractivity contribution in [3.63, 3.8) is 0 Å². The van der Waals surface area contributed by atoms with Crippen LogP contribution in [0.4, 0.5) is 0 Å². The molecule has 1 aliphatic rings. The molecule has 0 unspecified atom stereocenters. The number of nitrogens with zero attached hydrogens (tertiary/aromatic N) is 2. The van der Waals surface area contributed by atoms with Crippen LogP contribution < -0.4 is 5.32 Å². The Morgan fingerprint density at radius 1 is 1.42 bits per heavy atom. The van der Waals surface area contributed by atoms with Gasteiger partial charge in [0.2, 0.25) is 5.91 Å². The van der Waals surface area contributed by atoms with Crippen molar-refractivity contribution in [2.75, 3.05) is 19.6 Å². The van der Waals surface area contributed by atoms with Crippen molar-refractivity contribution < 1.29 is 4.79 Å². The molecule has 1 heterocycles. The van der Waals surface area contributed by atoms with Gasteiger partial charge in [0.15, 0.2) is 0 Å². The Kier molecular flexibility index (Phi) is 4.53. The second-order valence-electron chi connectivity index (χ2n) is 4.94. The van der Waals surface area contributed by atoms with Gasteiger partial charge in [0.25, 0.3) is 0 Å². The first kappa shape index (κ1) is 13.6. The Hall–Kier alpha value is -1.86. The zero-order valence-electron chi connectivity index (χ0n) is 11.3. The highest BCUT2D eigenvalue weighted by Crippen LogP contribution is 2.10. The minimum Gasteiger partial charge on any atom is -0.342 e. The van der Waals surface area contributed by atoms with E-state index >= 15 is 0 Å². The van der Waals surface area contributed by atoms with Gasteiger partial charge in [-0.05, 0) is 43.0 Å². The number of rotatable bonds is 4. The van der Waals surface area contributed by atoms with E-state index in [0.717, 1.165) is 37.1 Å². The van der Waals surface area contributed by atoms with Crippen LogP contribution in [0.5, 0.6) is 0 Å². The highest BCUT2D eigenvalue weighted by Gasteiger charge is 2.16. The van der Waals surface area contributed by atoms with E-state index in [0.29, 0.717) is 18.7 Å². The van der Waals surface area contributed by atoms with Crippen LogP contribution in [0.25, 0.3) is 0 Å². The number of hydrogen-bond acceptors (Lipinski definition) is 3. The molecule has 1 saturated heterocycles. The lowest BCUT2D eigenvalue weighted by molar-refractivity contribution is -0.129. The lowest BCUT2D eigenvalue weighted by atomic mass is 10.1. The van der Waals surface area contributed by atoms with Crippen LogP contribution in [0.15, 0.2) is 18.2 Å². The second kappa shape index (κ2) is 6.35. The fourth-order valence-electron chi connectivity index (χ4n) is 2.35. The van der Waals surface area contributed by atoms with Gasteiger partial charge < -0.3 is 10.2 Å². The topological polar surface area (TPSA) is 56.1 Å². The highest BCUT2D eigenvalue weighted by atomic mass is 16.2. The van der Waals surface area contributed by atoms with Gasteiger partial charge in [0.1, 0.15) is 0 Å². The molecule has 0 spiro atoms. The van der Waals surface area contributed by atoms with Crippen molar-refractivity contribution in [1.82, 2.24) is 10.2 Å². The van der Waals surface area contributed by atoms with Crippen LogP contribution in [-0.2, 0) is 11.3 Å². The van der Waals surface area contributed by atoms with Gasteiger partial charge in [-0.15, -0.1) is 0 Å². The third-order valence-electron chi connectivity index (χ3n) is 3.52. The number of likely N-dealkylation sites (tertiary alicyclic amines) is 1. The molecule has 4 heteroatoms. The minimum atomic E-state index is 0.184. The standard InChI is InChI=1S/C15H19N3O/c1-12-8-13(9-16)4-5-14(12)10-17-11-15(19)18-6-2-3-7-18/h4-5,8,17H,2-3,6-7,10-11H2,1H3. The Morgan fingerprint density at radius 2 is 2.16 bits per heavy atom. The number of carbonyl (C=O) groups excluding carboxylic acids is 1. The Balaban J connectivity index is 1.82. The van der Waals surface area contributed by atoms with Crippen molar-refractivity contribution in [3.8, 4) is 6.07 Å². The third kappa shape index (κ3) is 3.55. The van der Waals surface area contributed by atoms with Gasteiger partial charge in [-0.25, -0.2) is 0 Å². The lowest BCUT2D eigenvalue weighted by Crippen LogP contribution is -2.36. The number of nitriles is 1. The van der Waals surface area contributed by atoms with Gasteiger partial charge in [0.05, 0.1) is 18.2 Å². The van der Waals surface area contributed by atoms with E-state index in [1.165, 1.54) is 0 Å². The number of carbonyl (C=O) groups is 1. The molecule has 0 atom stereocenters. The summed E-state index contributed by atoms with van der Waals surface area (Å²) in [6, 6.07) is 7.76. The fraction of sp³-hybridized carbons (Fsp3) is 0.467. The Labute approximate surface area is 114 Å². The normalized spacial score (nSPS) is 14.4. The molecule has 1 N–H and O–H groups in total. The maximum Gasteiger partial charge on any atom is 0.236 e. The zero-order chi connectivity index (χ0) is 13.7. The molecule has 4 nitrogen and oxygen atoms in total. The van der Waals surface area contributed by atoms with Crippen molar-refractivity contribution in [2.45, 2.75) is 26.3 Å². The fourth-order valence-corrected chi connectivity index (χ4v) is 2.35. The molecule has 0 saturated carbocycles. The molecular formula is C15H19N3O. The van der Waals surface area contributed by atoms with Crippen LogP contribution in [-0.4, -0.2) is 30.4 Å². The maximum atomic E-state index is 11.8. The molecule has 0 bridgehead atoms. The van der Waals surface area contributed by atoms with Crippen molar-refractivity contribution in [3.05, 3.63) is 34.9 Å². The summed E-state index contributed by atoms with van der Waals surface area (Å²) >= 11 is 0. The number of benzene rings is 1. The summed E-state index contributed by atoms with van der Waals surface area (Å²) in [7, 11) is 0. The molecule has 100 valence electrons. The number of aryl methyl sites for hydroxylation is 1. The second-order valence-corrected chi connectivity index (χ2v) is 4.94.